The normalized spacial score (nSPS) is 34.0. The molecule has 3 fully saturated rings. The van der Waals surface area contributed by atoms with E-state index in [2.05, 4.69) is 38.0 Å². The summed E-state index contributed by atoms with van der Waals surface area (Å²) in [6, 6.07) is 2.07. The fourth-order valence-electron chi connectivity index (χ4n) is 5.16. The third-order valence-corrected chi connectivity index (χ3v) is 6.69. The molecule has 25 heavy (non-hydrogen) atoms. The number of amides is 1. The van der Waals surface area contributed by atoms with Gasteiger partial charge in [-0.3, -0.25) is 4.79 Å². The second-order valence-electron chi connectivity index (χ2n) is 7.99. The molecule has 0 aromatic carbocycles. The van der Waals surface area contributed by atoms with Crippen LogP contribution in [0, 0.1) is 23.7 Å². The Hall–Kier alpha value is -2.11. The summed E-state index contributed by atoms with van der Waals surface area (Å²) in [6.07, 6.45) is 9.28. The van der Waals surface area contributed by atoms with Gasteiger partial charge in [0.05, 0.1) is 6.54 Å². The van der Waals surface area contributed by atoms with Gasteiger partial charge in [0.2, 0.25) is 5.91 Å². The summed E-state index contributed by atoms with van der Waals surface area (Å²) in [4.78, 5) is 27.3. The van der Waals surface area contributed by atoms with Crippen LogP contribution in [0.1, 0.15) is 12.8 Å². The fraction of sp³-hybridized carbons (Fsp3) is 0.632. The number of piperazine rings is 1. The van der Waals surface area contributed by atoms with E-state index in [0.29, 0.717) is 6.54 Å². The zero-order chi connectivity index (χ0) is 17.0. The monoisotopic (exact) mass is 339 g/mol. The lowest BCUT2D eigenvalue weighted by Gasteiger charge is -2.40. The third kappa shape index (κ3) is 2.50. The van der Waals surface area contributed by atoms with Crippen LogP contribution in [0.5, 0.6) is 0 Å². The van der Waals surface area contributed by atoms with E-state index in [1.54, 1.807) is 11.2 Å². The summed E-state index contributed by atoms with van der Waals surface area (Å²) in [6.45, 7) is 4.20. The Balaban J connectivity index is 1.35. The largest absolute Gasteiger partial charge is 0.356 e. The highest BCUT2D eigenvalue weighted by Crippen LogP contribution is 2.48. The van der Waals surface area contributed by atoms with E-state index in [0.717, 1.165) is 61.5 Å². The molecule has 2 bridgehead atoms. The molecule has 3 aliphatic carbocycles. The summed E-state index contributed by atoms with van der Waals surface area (Å²) < 4.78 is 0. The van der Waals surface area contributed by atoms with Crippen molar-refractivity contribution in [3.05, 3.63) is 24.5 Å². The first-order valence-corrected chi connectivity index (χ1v) is 9.43. The molecule has 2 saturated heterocycles. The SMILES string of the molecule is CN1CCN(c2cc(N3CC4C5C=CC(CC5)C4C3)ncn2)CC1=O. The molecule has 6 rings (SSSR count). The molecular formula is C19H25N5O. The van der Waals surface area contributed by atoms with Crippen molar-refractivity contribution < 1.29 is 4.79 Å². The van der Waals surface area contributed by atoms with Gasteiger partial charge in [-0.05, 0) is 36.5 Å². The zero-order valence-electron chi connectivity index (χ0n) is 14.7. The van der Waals surface area contributed by atoms with Crippen LogP contribution < -0.4 is 9.80 Å². The third-order valence-electron chi connectivity index (χ3n) is 6.69. The topological polar surface area (TPSA) is 52.6 Å². The van der Waals surface area contributed by atoms with Crippen LogP contribution in [0.4, 0.5) is 11.6 Å². The van der Waals surface area contributed by atoms with Crippen molar-refractivity contribution in [2.75, 3.05) is 49.6 Å². The number of fused-ring (bicyclic) bond motifs is 1. The maximum absolute atomic E-state index is 12.0. The van der Waals surface area contributed by atoms with Gasteiger partial charge < -0.3 is 14.7 Å². The summed E-state index contributed by atoms with van der Waals surface area (Å²) in [5, 5.41) is 0. The number of rotatable bonds is 2. The van der Waals surface area contributed by atoms with Crippen LogP contribution in [-0.2, 0) is 4.79 Å². The van der Waals surface area contributed by atoms with E-state index < -0.39 is 0 Å². The van der Waals surface area contributed by atoms with E-state index in [4.69, 9.17) is 0 Å². The molecule has 0 N–H and O–H groups in total. The smallest absolute Gasteiger partial charge is 0.241 e. The molecule has 6 heteroatoms. The quantitative estimate of drug-likeness (QED) is 0.763. The lowest BCUT2D eigenvalue weighted by Crippen LogP contribution is -2.48. The van der Waals surface area contributed by atoms with Gasteiger partial charge in [0, 0.05) is 39.3 Å². The van der Waals surface area contributed by atoms with Gasteiger partial charge in [-0.1, -0.05) is 12.2 Å². The van der Waals surface area contributed by atoms with Crippen LogP contribution in [0.25, 0.3) is 0 Å². The van der Waals surface area contributed by atoms with Crippen LogP contribution in [0.2, 0.25) is 0 Å². The summed E-state index contributed by atoms with van der Waals surface area (Å²) in [5.74, 6) is 5.14. The zero-order valence-corrected chi connectivity index (χ0v) is 14.7. The van der Waals surface area contributed by atoms with Gasteiger partial charge in [0.25, 0.3) is 0 Å². The molecular weight excluding hydrogens is 314 g/mol. The standard InChI is InChI=1S/C19H25N5O/c1-22-6-7-23(11-19(22)25)17-8-18(21-12-20-17)24-9-15-13-2-3-14(5-4-13)16(15)10-24/h2-3,8,12-16H,4-7,9-11H2,1H3. The Morgan fingerprint density at radius 2 is 1.60 bits per heavy atom. The van der Waals surface area contributed by atoms with Gasteiger partial charge in [0.15, 0.2) is 0 Å². The molecule has 2 aliphatic heterocycles. The van der Waals surface area contributed by atoms with Crippen LogP contribution in [0.15, 0.2) is 24.5 Å². The molecule has 4 atom stereocenters. The van der Waals surface area contributed by atoms with Crippen molar-refractivity contribution in [3.8, 4) is 0 Å². The predicted octanol–water partition coefficient (Wildman–Crippen LogP) is 1.40. The fourth-order valence-corrected chi connectivity index (χ4v) is 5.16. The van der Waals surface area contributed by atoms with Gasteiger partial charge >= 0.3 is 0 Å². The summed E-state index contributed by atoms with van der Waals surface area (Å²) in [7, 11) is 1.86. The van der Waals surface area contributed by atoms with E-state index >= 15 is 0 Å². The molecule has 1 aromatic rings. The Kier molecular flexibility index (Phi) is 3.47. The van der Waals surface area contributed by atoms with E-state index in [9.17, 15) is 4.79 Å². The number of aromatic nitrogens is 2. The van der Waals surface area contributed by atoms with Gasteiger partial charge in [-0.25, -0.2) is 9.97 Å². The Morgan fingerprint density at radius 3 is 2.20 bits per heavy atom. The first-order chi connectivity index (χ1) is 12.2. The van der Waals surface area contributed by atoms with E-state index in [1.807, 2.05) is 7.05 Å². The van der Waals surface area contributed by atoms with Crippen LogP contribution in [-0.4, -0.2) is 60.5 Å². The number of anilines is 2. The molecule has 1 amide bonds. The van der Waals surface area contributed by atoms with Crippen molar-refractivity contribution >= 4 is 17.5 Å². The number of likely N-dealkylation sites (N-methyl/N-ethyl adjacent to an activating group) is 1. The minimum Gasteiger partial charge on any atom is -0.356 e. The Bertz CT molecular complexity index is 698. The summed E-state index contributed by atoms with van der Waals surface area (Å²) >= 11 is 0. The lowest BCUT2D eigenvalue weighted by atomic mass is 9.64. The molecule has 6 nitrogen and oxygen atoms in total. The van der Waals surface area contributed by atoms with Crippen molar-refractivity contribution in [2.45, 2.75) is 12.8 Å². The van der Waals surface area contributed by atoms with E-state index in [1.165, 1.54) is 12.8 Å². The maximum atomic E-state index is 12.0. The van der Waals surface area contributed by atoms with Gasteiger partial charge in [-0.2, -0.15) is 0 Å². The highest BCUT2D eigenvalue weighted by molar-refractivity contribution is 5.82. The van der Waals surface area contributed by atoms with Crippen LogP contribution in [0.3, 0.4) is 0 Å². The van der Waals surface area contributed by atoms with Gasteiger partial charge in [-0.15, -0.1) is 0 Å². The van der Waals surface area contributed by atoms with Crippen molar-refractivity contribution in [1.29, 1.82) is 0 Å². The number of hydrogen-bond donors (Lipinski definition) is 0. The molecule has 0 radical (unpaired) electrons. The number of carbonyl (C=O) groups is 1. The first-order valence-electron chi connectivity index (χ1n) is 9.43. The molecule has 5 aliphatic rings. The Labute approximate surface area is 148 Å². The number of nitrogens with zero attached hydrogens (tertiary/aromatic N) is 5. The average Bonchev–Trinajstić information content (AvgIpc) is 3.13. The molecule has 132 valence electrons. The average molecular weight is 339 g/mol. The minimum absolute atomic E-state index is 0.154. The molecule has 4 unspecified atom stereocenters. The van der Waals surface area contributed by atoms with E-state index in [-0.39, 0.29) is 5.91 Å². The predicted molar refractivity (Wildman–Crippen MR) is 96.4 cm³/mol. The molecule has 1 aromatic heterocycles. The van der Waals surface area contributed by atoms with Gasteiger partial charge in [0.1, 0.15) is 18.0 Å². The van der Waals surface area contributed by atoms with Crippen LogP contribution >= 0.6 is 0 Å². The molecule has 0 spiro atoms. The number of carbonyl (C=O) groups excluding carboxylic acids is 1. The summed E-state index contributed by atoms with van der Waals surface area (Å²) in [5.41, 5.74) is 0. The van der Waals surface area contributed by atoms with Crippen molar-refractivity contribution in [1.82, 2.24) is 14.9 Å². The number of allylic oxidation sites excluding steroid dienone is 2. The second-order valence-corrected chi connectivity index (χ2v) is 7.99. The second kappa shape index (κ2) is 5.71. The minimum atomic E-state index is 0.154. The highest BCUT2D eigenvalue weighted by atomic mass is 16.2. The number of hydrogen-bond acceptors (Lipinski definition) is 5. The van der Waals surface area contributed by atoms with Crippen molar-refractivity contribution in [3.63, 3.8) is 0 Å². The molecule has 3 heterocycles. The molecule has 1 saturated carbocycles. The maximum Gasteiger partial charge on any atom is 0.241 e. The van der Waals surface area contributed by atoms with Crippen molar-refractivity contribution in [2.24, 2.45) is 23.7 Å². The Morgan fingerprint density at radius 1 is 0.960 bits per heavy atom. The highest BCUT2D eigenvalue weighted by Gasteiger charge is 2.46. The first kappa shape index (κ1) is 15.2. The lowest BCUT2D eigenvalue weighted by molar-refractivity contribution is -0.129.